The first-order valence-corrected chi connectivity index (χ1v) is 10.9. The number of rotatable bonds is 5. The van der Waals surface area contributed by atoms with Gasteiger partial charge in [-0.05, 0) is 49.2 Å². The number of aliphatic imine (C=N–C) groups is 1. The predicted octanol–water partition coefficient (Wildman–Crippen LogP) is 4.62. The van der Waals surface area contributed by atoms with E-state index < -0.39 is 11.6 Å². The van der Waals surface area contributed by atoms with Crippen LogP contribution in [0.25, 0.3) is 0 Å². The maximum Gasteiger partial charge on any atom is 0.257 e. The maximum absolute atomic E-state index is 13.6. The molecule has 2 heterocycles. The maximum atomic E-state index is 13.6. The first-order valence-electron chi connectivity index (χ1n) is 9.78. The zero-order valence-corrected chi connectivity index (χ0v) is 18.0. The van der Waals surface area contributed by atoms with Crippen molar-refractivity contribution in [2.45, 2.75) is 25.7 Å². The molecule has 0 fully saturated rings. The average Bonchev–Trinajstić information content (AvgIpc) is 2.75. The lowest BCUT2D eigenvalue weighted by Gasteiger charge is -2.24. The van der Waals surface area contributed by atoms with Crippen LogP contribution in [0.5, 0.6) is 0 Å². The second-order valence-electron chi connectivity index (χ2n) is 7.40. The normalized spacial score (nSPS) is 16.7. The molecule has 5 nitrogen and oxygen atoms in total. The monoisotopic (exact) mass is 438 g/mol. The Morgan fingerprint density at radius 2 is 1.94 bits per heavy atom. The largest absolute Gasteiger partial charge is 0.322 e. The van der Waals surface area contributed by atoms with Crippen LogP contribution in [0.1, 0.15) is 34.5 Å². The Hall–Kier alpha value is -3.02. The van der Waals surface area contributed by atoms with Crippen molar-refractivity contribution in [1.82, 2.24) is 10.3 Å². The third-order valence-electron chi connectivity index (χ3n) is 4.92. The molecular weight excluding hydrogens is 417 g/mol. The molecule has 0 saturated carbocycles. The number of nitrogens with zero attached hydrogens (tertiary/aromatic N) is 2. The summed E-state index contributed by atoms with van der Waals surface area (Å²) in [6.45, 7) is 3.89. The van der Waals surface area contributed by atoms with Crippen LogP contribution in [0.15, 0.2) is 59.9 Å². The standard InChI is InChI=1S/C23H21F2N4OP/c1-13-6-16(11-26-10-13)23(30)29-17-5-3-4-15(7-17)14(2)28-22-12-27-20-8-18(24)19(25)9-21(20)31-22/h3-12,14,22,28,31H,1-2H3,(H,29,30). The van der Waals surface area contributed by atoms with E-state index in [0.29, 0.717) is 22.2 Å². The van der Waals surface area contributed by atoms with E-state index in [2.05, 4.69) is 20.6 Å². The van der Waals surface area contributed by atoms with E-state index in [4.69, 9.17) is 0 Å². The van der Waals surface area contributed by atoms with Gasteiger partial charge in [-0.1, -0.05) is 20.7 Å². The minimum absolute atomic E-state index is 0.0479. The Bertz CT molecular complexity index is 1170. The zero-order valence-electron chi connectivity index (χ0n) is 17.0. The Morgan fingerprint density at radius 1 is 1.13 bits per heavy atom. The number of fused-ring (bicyclic) bond motifs is 1. The Labute approximate surface area is 180 Å². The number of pyridine rings is 1. The summed E-state index contributed by atoms with van der Waals surface area (Å²) in [7, 11) is 0.224. The quantitative estimate of drug-likeness (QED) is 0.572. The molecular formula is C23H21F2N4OP. The van der Waals surface area contributed by atoms with Gasteiger partial charge in [0.05, 0.1) is 17.0 Å². The molecule has 0 radical (unpaired) electrons. The highest BCUT2D eigenvalue weighted by atomic mass is 31.1. The van der Waals surface area contributed by atoms with E-state index >= 15 is 0 Å². The smallest absolute Gasteiger partial charge is 0.257 e. The van der Waals surface area contributed by atoms with Crippen molar-refractivity contribution >= 4 is 37.4 Å². The van der Waals surface area contributed by atoms with Gasteiger partial charge in [0.15, 0.2) is 11.6 Å². The summed E-state index contributed by atoms with van der Waals surface area (Å²) in [5, 5.41) is 7.05. The Balaban J connectivity index is 1.43. The van der Waals surface area contributed by atoms with E-state index in [1.54, 1.807) is 18.5 Å². The van der Waals surface area contributed by atoms with Crippen LogP contribution in [-0.4, -0.2) is 22.9 Å². The summed E-state index contributed by atoms with van der Waals surface area (Å²) in [6.07, 6.45) is 4.96. The van der Waals surface area contributed by atoms with Crippen molar-refractivity contribution in [2.24, 2.45) is 4.99 Å². The van der Waals surface area contributed by atoms with Crippen LogP contribution in [-0.2, 0) is 0 Å². The number of aromatic nitrogens is 1. The van der Waals surface area contributed by atoms with Crippen molar-refractivity contribution in [3.8, 4) is 0 Å². The number of hydrogen-bond acceptors (Lipinski definition) is 4. The molecule has 1 aromatic heterocycles. The summed E-state index contributed by atoms with van der Waals surface area (Å²) < 4.78 is 27.0. The number of aryl methyl sites for hydroxylation is 1. The second kappa shape index (κ2) is 9.00. The fourth-order valence-electron chi connectivity index (χ4n) is 3.34. The fraction of sp³-hybridized carbons (Fsp3) is 0.174. The van der Waals surface area contributed by atoms with Gasteiger partial charge >= 0.3 is 0 Å². The zero-order chi connectivity index (χ0) is 22.0. The number of anilines is 1. The lowest BCUT2D eigenvalue weighted by molar-refractivity contribution is 0.102. The first-order chi connectivity index (χ1) is 14.9. The van der Waals surface area contributed by atoms with Gasteiger partial charge in [0.25, 0.3) is 5.91 Å². The third kappa shape index (κ3) is 5.01. The SMILES string of the molecule is Cc1cncc(C(=O)Nc2cccc(C(C)NC3C=Nc4cc(F)c(F)cc4P3)c2)c1. The summed E-state index contributed by atoms with van der Waals surface area (Å²) in [5.41, 5.74) is 3.55. The van der Waals surface area contributed by atoms with Gasteiger partial charge in [-0.3, -0.25) is 20.1 Å². The van der Waals surface area contributed by atoms with Crippen molar-refractivity contribution in [2.75, 3.05) is 5.32 Å². The fourth-order valence-corrected chi connectivity index (χ4v) is 4.65. The molecule has 3 atom stereocenters. The van der Waals surface area contributed by atoms with E-state index in [-0.39, 0.29) is 26.3 Å². The second-order valence-corrected chi connectivity index (χ2v) is 8.85. The molecule has 1 aliphatic heterocycles. The highest BCUT2D eigenvalue weighted by Gasteiger charge is 2.20. The number of benzene rings is 2. The van der Waals surface area contributed by atoms with Crippen molar-refractivity contribution in [3.05, 3.63) is 83.2 Å². The Kier molecular flexibility index (Phi) is 6.16. The van der Waals surface area contributed by atoms with Gasteiger partial charge in [-0.25, -0.2) is 8.78 Å². The molecule has 0 aliphatic carbocycles. The lowest BCUT2D eigenvalue weighted by Crippen LogP contribution is -2.32. The van der Waals surface area contributed by atoms with Gasteiger partial charge in [-0.2, -0.15) is 0 Å². The molecule has 8 heteroatoms. The molecule has 4 rings (SSSR count). The summed E-state index contributed by atoms with van der Waals surface area (Å²) in [6, 6.07) is 11.7. The van der Waals surface area contributed by atoms with Crippen molar-refractivity contribution in [1.29, 1.82) is 0 Å². The number of carbonyl (C=O) groups is 1. The third-order valence-corrected chi connectivity index (χ3v) is 6.26. The minimum Gasteiger partial charge on any atom is -0.322 e. The Morgan fingerprint density at radius 3 is 2.74 bits per heavy atom. The number of nitrogens with one attached hydrogen (secondary N) is 2. The molecule has 1 aliphatic rings. The topological polar surface area (TPSA) is 66.4 Å². The van der Waals surface area contributed by atoms with Crippen molar-refractivity contribution in [3.63, 3.8) is 0 Å². The highest BCUT2D eigenvalue weighted by Crippen LogP contribution is 2.30. The molecule has 2 N–H and O–H groups in total. The van der Waals surface area contributed by atoms with Crippen LogP contribution in [0.2, 0.25) is 0 Å². The van der Waals surface area contributed by atoms with Gasteiger partial charge in [0, 0.05) is 41.7 Å². The predicted molar refractivity (Wildman–Crippen MR) is 121 cm³/mol. The molecule has 158 valence electrons. The van der Waals surface area contributed by atoms with Crippen LogP contribution in [0.4, 0.5) is 20.2 Å². The molecule has 0 bridgehead atoms. The van der Waals surface area contributed by atoms with Gasteiger partial charge in [0.1, 0.15) is 0 Å². The molecule has 0 saturated heterocycles. The molecule has 3 aromatic rings. The molecule has 31 heavy (non-hydrogen) atoms. The average molecular weight is 438 g/mol. The van der Waals surface area contributed by atoms with Gasteiger partial charge in [0.2, 0.25) is 0 Å². The summed E-state index contributed by atoms with van der Waals surface area (Å²) in [5.74, 6) is -2.06. The number of amides is 1. The number of hydrogen-bond donors (Lipinski definition) is 2. The summed E-state index contributed by atoms with van der Waals surface area (Å²) >= 11 is 0. The van der Waals surface area contributed by atoms with Crippen LogP contribution < -0.4 is 15.9 Å². The van der Waals surface area contributed by atoms with E-state index in [0.717, 1.165) is 17.2 Å². The molecule has 0 spiro atoms. The van der Waals surface area contributed by atoms with Gasteiger partial charge < -0.3 is 5.32 Å². The first kappa shape index (κ1) is 21.2. The van der Waals surface area contributed by atoms with Gasteiger partial charge in [-0.15, -0.1) is 0 Å². The molecule has 3 unspecified atom stereocenters. The van der Waals surface area contributed by atoms with E-state index in [9.17, 15) is 13.6 Å². The highest BCUT2D eigenvalue weighted by molar-refractivity contribution is 7.49. The molecule has 2 aromatic carbocycles. The molecule has 1 amide bonds. The van der Waals surface area contributed by atoms with Crippen LogP contribution in [0.3, 0.4) is 0 Å². The van der Waals surface area contributed by atoms with E-state index in [1.807, 2.05) is 38.1 Å². The van der Waals surface area contributed by atoms with E-state index in [1.165, 1.54) is 12.3 Å². The lowest BCUT2D eigenvalue weighted by atomic mass is 10.1. The summed E-state index contributed by atoms with van der Waals surface area (Å²) in [4.78, 5) is 20.8. The number of halogens is 2. The minimum atomic E-state index is -0.888. The van der Waals surface area contributed by atoms with Crippen LogP contribution in [0, 0.1) is 18.6 Å². The van der Waals surface area contributed by atoms with Crippen LogP contribution >= 0.6 is 8.58 Å². The number of carbonyl (C=O) groups excluding carboxylic acids is 1. The van der Waals surface area contributed by atoms with Crippen molar-refractivity contribution < 1.29 is 13.6 Å².